The van der Waals surface area contributed by atoms with Gasteiger partial charge >= 0.3 is 0 Å². The van der Waals surface area contributed by atoms with Crippen molar-refractivity contribution >= 4 is 28.3 Å². The first kappa shape index (κ1) is 17.1. The fraction of sp³-hybridized carbons (Fsp3) is 0.0417. The molecule has 0 aliphatic carbocycles. The van der Waals surface area contributed by atoms with E-state index in [0.717, 1.165) is 22.0 Å². The summed E-state index contributed by atoms with van der Waals surface area (Å²) in [6.45, 7) is 0.597. The second kappa shape index (κ2) is 7.53. The Labute approximate surface area is 163 Å². The maximum absolute atomic E-state index is 12.8. The zero-order chi connectivity index (χ0) is 18.6. The Morgan fingerprint density at radius 1 is 0.852 bits per heavy atom. The molecular formula is C24H16ClNO. The molecule has 0 N–H and O–H groups in total. The molecule has 2 nitrogen and oxygen atoms in total. The van der Waals surface area contributed by atoms with Crippen LogP contribution in [0.15, 0.2) is 84.9 Å². The van der Waals surface area contributed by atoms with Crippen molar-refractivity contribution in [1.29, 1.82) is 0 Å². The van der Waals surface area contributed by atoms with Crippen LogP contribution in [0.4, 0.5) is 0 Å². The first-order valence-electron chi connectivity index (χ1n) is 8.66. The van der Waals surface area contributed by atoms with E-state index in [1.807, 2.05) is 89.5 Å². The SMILES string of the molecule is O=C(C#Cc1ccccc1)c1c(Cl)n(Cc2ccccc2)c2ccccc12. The molecule has 0 spiro atoms. The van der Waals surface area contributed by atoms with Gasteiger partial charge < -0.3 is 4.57 Å². The third kappa shape index (κ3) is 3.51. The molecule has 130 valence electrons. The van der Waals surface area contributed by atoms with Gasteiger partial charge in [-0.15, -0.1) is 0 Å². The van der Waals surface area contributed by atoms with Gasteiger partial charge in [-0.1, -0.05) is 84.3 Å². The van der Waals surface area contributed by atoms with Crippen LogP contribution in [0, 0.1) is 11.8 Å². The highest BCUT2D eigenvalue weighted by molar-refractivity contribution is 6.37. The van der Waals surface area contributed by atoms with Crippen LogP contribution in [0.3, 0.4) is 0 Å². The average Bonchev–Trinajstić information content (AvgIpc) is 2.99. The molecular weight excluding hydrogens is 354 g/mol. The van der Waals surface area contributed by atoms with Crippen molar-refractivity contribution in [2.45, 2.75) is 6.54 Å². The minimum absolute atomic E-state index is 0.271. The number of hydrogen-bond acceptors (Lipinski definition) is 1. The number of hydrogen-bond donors (Lipinski definition) is 0. The summed E-state index contributed by atoms with van der Waals surface area (Å²) in [5, 5.41) is 1.25. The Morgan fingerprint density at radius 3 is 2.22 bits per heavy atom. The lowest BCUT2D eigenvalue weighted by molar-refractivity contribution is 0.105. The minimum Gasteiger partial charge on any atom is -0.326 e. The van der Waals surface area contributed by atoms with E-state index in [1.54, 1.807) is 0 Å². The summed E-state index contributed by atoms with van der Waals surface area (Å²) in [5.74, 6) is 5.39. The van der Waals surface area contributed by atoms with E-state index in [-0.39, 0.29) is 5.78 Å². The van der Waals surface area contributed by atoms with Gasteiger partial charge in [0, 0.05) is 17.5 Å². The molecule has 0 fully saturated rings. The number of fused-ring (bicyclic) bond motifs is 1. The number of carbonyl (C=O) groups is 1. The topological polar surface area (TPSA) is 22.0 Å². The molecule has 0 unspecified atom stereocenters. The standard InChI is InChI=1S/C24H16ClNO/c25-24-23(22(27)16-15-18-9-3-1-4-10-18)20-13-7-8-14-21(20)26(24)17-19-11-5-2-6-12-19/h1-14H,17H2. The van der Waals surface area contributed by atoms with Crippen molar-refractivity contribution in [3.8, 4) is 11.8 Å². The molecule has 1 heterocycles. The number of rotatable bonds is 3. The van der Waals surface area contributed by atoms with E-state index in [2.05, 4.69) is 11.8 Å². The van der Waals surface area contributed by atoms with Crippen LogP contribution >= 0.6 is 11.6 Å². The summed E-state index contributed by atoms with van der Waals surface area (Å²) in [4.78, 5) is 12.8. The normalized spacial score (nSPS) is 10.4. The fourth-order valence-corrected chi connectivity index (χ4v) is 3.46. The molecule has 1 aromatic heterocycles. The Hall–Kier alpha value is -3.28. The molecule has 0 saturated heterocycles. The van der Waals surface area contributed by atoms with E-state index in [0.29, 0.717) is 17.3 Å². The highest BCUT2D eigenvalue weighted by atomic mass is 35.5. The molecule has 3 heteroatoms. The van der Waals surface area contributed by atoms with Crippen LogP contribution in [-0.4, -0.2) is 10.4 Å². The van der Waals surface area contributed by atoms with Gasteiger partial charge in [-0.25, -0.2) is 0 Å². The predicted molar refractivity (Wildman–Crippen MR) is 110 cm³/mol. The highest BCUT2D eigenvalue weighted by Crippen LogP contribution is 2.31. The van der Waals surface area contributed by atoms with Gasteiger partial charge in [0.25, 0.3) is 0 Å². The summed E-state index contributed by atoms with van der Waals surface area (Å²) in [6.07, 6.45) is 0. The molecule has 3 aromatic carbocycles. The Kier molecular flexibility index (Phi) is 4.78. The molecule has 0 saturated carbocycles. The van der Waals surface area contributed by atoms with Gasteiger partial charge in [-0.2, -0.15) is 0 Å². The number of carbonyl (C=O) groups excluding carboxylic acids is 1. The van der Waals surface area contributed by atoms with E-state index < -0.39 is 0 Å². The number of nitrogens with zero attached hydrogens (tertiary/aromatic N) is 1. The molecule has 4 aromatic rings. The number of aromatic nitrogens is 1. The second-order valence-electron chi connectivity index (χ2n) is 6.20. The largest absolute Gasteiger partial charge is 0.326 e. The van der Waals surface area contributed by atoms with Gasteiger partial charge in [0.1, 0.15) is 5.15 Å². The molecule has 0 amide bonds. The number of halogens is 1. The van der Waals surface area contributed by atoms with Gasteiger partial charge in [0.05, 0.1) is 11.1 Å². The molecule has 0 aliphatic rings. The summed E-state index contributed by atoms with van der Waals surface area (Å²) in [6, 6.07) is 27.3. The molecule has 4 rings (SSSR count). The average molecular weight is 370 g/mol. The van der Waals surface area contributed by atoms with Crippen LogP contribution in [-0.2, 0) is 6.54 Å². The lowest BCUT2D eigenvalue weighted by atomic mass is 10.1. The molecule has 0 bridgehead atoms. The number of para-hydroxylation sites is 1. The van der Waals surface area contributed by atoms with E-state index in [1.165, 1.54) is 0 Å². The predicted octanol–water partition coefficient (Wildman–Crippen LogP) is 5.58. The maximum Gasteiger partial charge on any atom is 0.239 e. The van der Waals surface area contributed by atoms with Crippen molar-refractivity contribution in [1.82, 2.24) is 4.57 Å². The van der Waals surface area contributed by atoms with Crippen LogP contribution in [0.25, 0.3) is 10.9 Å². The van der Waals surface area contributed by atoms with E-state index in [9.17, 15) is 4.79 Å². The van der Waals surface area contributed by atoms with Gasteiger partial charge in [0.2, 0.25) is 5.78 Å². The minimum atomic E-state index is -0.271. The van der Waals surface area contributed by atoms with Gasteiger partial charge in [-0.3, -0.25) is 4.79 Å². The smallest absolute Gasteiger partial charge is 0.239 e. The second-order valence-corrected chi connectivity index (χ2v) is 6.56. The van der Waals surface area contributed by atoms with Crippen molar-refractivity contribution < 1.29 is 4.79 Å². The summed E-state index contributed by atoms with van der Waals surface area (Å²) >= 11 is 6.65. The quantitative estimate of drug-likeness (QED) is 0.341. The molecule has 0 atom stereocenters. The molecule has 0 aliphatic heterocycles. The molecule has 27 heavy (non-hydrogen) atoms. The van der Waals surface area contributed by atoms with E-state index >= 15 is 0 Å². The highest BCUT2D eigenvalue weighted by Gasteiger charge is 2.20. The third-order valence-electron chi connectivity index (χ3n) is 4.41. The first-order chi connectivity index (χ1) is 13.2. The zero-order valence-corrected chi connectivity index (χ0v) is 15.3. The van der Waals surface area contributed by atoms with Gasteiger partial charge in [-0.05, 0) is 29.7 Å². The van der Waals surface area contributed by atoms with Crippen LogP contribution in [0.5, 0.6) is 0 Å². The van der Waals surface area contributed by atoms with Crippen LogP contribution < -0.4 is 0 Å². The Balaban J connectivity index is 1.78. The first-order valence-corrected chi connectivity index (χ1v) is 9.04. The van der Waals surface area contributed by atoms with Crippen LogP contribution in [0.2, 0.25) is 5.15 Å². The van der Waals surface area contributed by atoms with Gasteiger partial charge in [0.15, 0.2) is 0 Å². The van der Waals surface area contributed by atoms with Crippen molar-refractivity contribution in [3.63, 3.8) is 0 Å². The zero-order valence-electron chi connectivity index (χ0n) is 14.5. The van der Waals surface area contributed by atoms with E-state index in [4.69, 9.17) is 11.6 Å². The monoisotopic (exact) mass is 369 g/mol. The summed E-state index contributed by atoms with van der Waals surface area (Å²) in [5.41, 5.74) is 3.31. The maximum atomic E-state index is 12.8. The number of ketones is 1. The summed E-state index contributed by atoms with van der Waals surface area (Å²) in [7, 11) is 0. The third-order valence-corrected chi connectivity index (χ3v) is 4.81. The van der Waals surface area contributed by atoms with Crippen molar-refractivity contribution in [3.05, 3.63) is 107 Å². The lowest BCUT2D eigenvalue weighted by Gasteiger charge is -2.07. The molecule has 0 radical (unpaired) electrons. The number of Topliss-reactive ketones (excluding diaryl/α,β-unsaturated/α-hetero) is 1. The van der Waals surface area contributed by atoms with Crippen molar-refractivity contribution in [2.24, 2.45) is 0 Å². The van der Waals surface area contributed by atoms with Crippen molar-refractivity contribution in [2.75, 3.05) is 0 Å². The van der Waals surface area contributed by atoms with Crippen LogP contribution in [0.1, 0.15) is 21.5 Å². The Morgan fingerprint density at radius 2 is 1.48 bits per heavy atom. The number of benzene rings is 3. The fourth-order valence-electron chi connectivity index (χ4n) is 3.12. The lowest BCUT2D eigenvalue weighted by Crippen LogP contribution is -2.01. The summed E-state index contributed by atoms with van der Waals surface area (Å²) < 4.78 is 1.96. The Bertz CT molecular complexity index is 1160.